The fourth-order valence-corrected chi connectivity index (χ4v) is 5.31. The molecule has 0 aliphatic carbocycles. The number of hydrogen-bond acceptors (Lipinski definition) is 8. The summed E-state index contributed by atoms with van der Waals surface area (Å²) in [4.78, 5) is 29.5. The molecule has 6 nitrogen and oxygen atoms in total. The molecule has 0 saturated carbocycles. The highest BCUT2D eigenvalue weighted by atomic mass is 33.1. The fourth-order valence-electron chi connectivity index (χ4n) is 1.20. The lowest BCUT2D eigenvalue weighted by Gasteiger charge is -1.92. The number of thiazole rings is 2. The number of nitrogens with zero attached hydrogens (tertiary/aromatic N) is 2. The lowest BCUT2D eigenvalue weighted by atomic mass is 10.3. The second-order valence-corrected chi connectivity index (χ2v) is 7.86. The van der Waals surface area contributed by atoms with E-state index in [2.05, 4.69) is 9.97 Å². The standard InChI is InChI=1S/C10H8N2O4S4/c13-7(14)1-5-3-17-9(11-5)19-20-10-12-6(4-18-10)2-8(15)16/h3-4H,1-2H2,(H,13,14)(H,15,16). The zero-order valence-electron chi connectivity index (χ0n) is 9.81. The molecule has 106 valence electrons. The zero-order chi connectivity index (χ0) is 14.5. The van der Waals surface area contributed by atoms with Crippen molar-refractivity contribution in [1.82, 2.24) is 9.97 Å². The molecule has 0 atom stereocenters. The fraction of sp³-hybridized carbons (Fsp3) is 0.200. The third-order valence-corrected chi connectivity index (χ3v) is 6.73. The lowest BCUT2D eigenvalue weighted by molar-refractivity contribution is -0.137. The molecule has 20 heavy (non-hydrogen) atoms. The number of hydrogen-bond donors (Lipinski definition) is 2. The van der Waals surface area contributed by atoms with E-state index in [-0.39, 0.29) is 12.8 Å². The molecule has 2 aromatic heterocycles. The Morgan fingerprint density at radius 2 is 1.35 bits per heavy atom. The quantitative estimate of drug-likeness (QED) is 0.737. The van der Waals surface area contributed by atoms with Crippen LogP contribution in [0.15, 0.2) is 19.4 Å². The number of carboxylic acid groups (broad SMARTS) is 2. The number of carboxylic acids is 2. The van der Waals surface area contributed by atoms with Gasteiger partial charge in [-0.25, -0.2) is 9.97 Å². The van der Waals surface area contributed by atoms with Gasteiger partial charge in [0.1, 0.15) is 0 Å². The summed E-state index contributed by atoms with van der Waals surface area (Å²) in [7, 11) is 2.77. The van der Waals surface area contributed by atoms with Crippen molar-refractivity contribution in [3.63, 3.8) is 0 Å². The van der Waals surface area contributed by atoms with Crippen LogP contribution in [0.5, 0.6) is 0 Å². The molecule has 0 saturated heterocycles. The van der Waals surface area contributed by atoms with Crippen LogP contribution < -0.4 is 0 Å². The van der Waals surface area contributed by atoms with Crippen LogP contribution in [0.2, 0.25) is 0 Å². The predicted molar refractivity (Wildman–Crippen MR) is 78.6 cm³/mol. The third-order valence-electron chi connectivity index (χ3n) is 1.91. The van der Waals surface area contributed by atoms with E-state index in [0.717, 1.165) is 8.68 Å². The Balaban J connectivity index is 1.88. The van der Waals surface area contributed by atoms with E-state index in [4.69, 9.17) is 10.2 Å². The zero-order valence-corrected chi connectivity index (χ0v) is 13.1. The summed E-state index contributed by atoms with van der Waals surface area (Å²) >= 11 is 2.76. The number of rotatable bonds is 7. The van der Waals surface area contributed by atoms with E-state index in [1.165, 1.54) is 44.3 Å². The molecular weight excluding hydrogens is 340 g/mol. The van der Waals surface area contributed by atoms with E-state index in [9.17, 15) is 9.59 Å². The second kappa shape index (κ2) is 7.07. The molecule has 0 amide bonds. The Bertz CT molecular complexity index is 570. The van der Waals surface area contributed by atoms with E-state index >= 15 is 0 Å². The van der Waals surface area contributed by atoms with Crippen LogP contribution in [0.3, 0.4) is 0 Å². The van der Waals surface area contributed by atoms with Gasteiger partial charge in [-0.2, -0.15) is 0 Å². The van der Waals surface area contributed by atoms with Crippen LogP contribution in [0.1, 0.15) is 11.4 Å². The normalized spacial score (nSPS) is 10.6. The van der Waals surface area contributed by atoms with Crippen molar-refractivity contribution in [1.29, 1.82) is 0 Å². The Kier molecular flexibility index (Phi) is 5.40. The molecule has 2 rings (SSSR count). The van der Waals surface area contributed by atoms with Crippen LogP contribution in [-0.2, 0) is 22.4 Å². The monoisotopic (exact) mass is 348 g/mol. The van der Waals surface area contributed by atoms with Gasteiger partial charge in [-0.3, -0.25) is 9.59 Å². The number of carbonyl (C=O) groups is 2. The molecule has 0 radical (unpaired) electrons. The molecular formula is C10H8N2O4S4. The van der Waals surface area contributed by atoms with Crippen LogP contribution in [-0.4, -0.2) is 32.1 Å². The highest BCUT2D eigenvalue weighted by molar-refractivity contribution is 8.77. The maximum Gasteiger partial charge on any atom is 0.309 e. The minimum Gasteiger partial charge on any atom is -0.481 e. The van der Waals surface area contributed by atoms with Crippen molar-refractivity contribution in [2.24, 2.45) is 0 Å². The summed E-state index contributed by atoms with van der Waals surface area (Å²) in [6.45, 7) is 0. The maximum atomic E-state index is 10.5. The molecule has 2 heterocycles. The van der Waals surface area contributed by atoms with Crippen molar-refractivity contribution in [3.05, 3.63) is 22.1 Å². The van der Waals surface area contributed by atoms with Crippen molar-refractivity contribution < 1.29 is 19.8 Å². The van der Waals surface area contributed by atoms with Crippen LogP contribution >= 0.6 is 44.3 Å². The first-order valence-corrected chi connectivity index (χ1v) is 9.11. The third kappa shape index (κ3) is 4.78. The van der Waals surface area contributed by atoms with Crippen LogP contribution in [0.25, 0.3) is 0 Å². The summed E-state index contributed by atoms with van der Waals surface area (Å²) in [6, 6.07) is 0. The van der Waals surface area contributed by atoms with Crippen LogP contribution in [0.4, 0.5) is 0 Å². The van der Waals surface area contributed by atoms with Crippen molar-refractivity contribution in [3.8, 4) is 0 Å². The molecule has 0 unspecified atom stereocenters. The van der Waals surface area contributed by atoms with Crippen molar-refractivity contribution in [2.45, 2.75) is 21.5 Å². The summed E-state index contributed by atoms with van der Waals surface area (Å²) in [5, 5.41) is 20.7. The molecule has 0 spiro atoms. The minimum absolute atomic E-state index is 0.0816. The predicted octanol–water partition coefficient (Wildman–Crippen LogP) is 2.65. The molecule has 2 N–H and O–H groups in total. The lowest BCUT2D eigenvalue weighted by Crippen LogP contribution is -1.99. The van der Waals surface area contributed by atoms with Crippen LogP contribution in [0, 0.1) is 0 Å². The number of aromatic nitrogens is 2. The van der Waals surface area contributed by atoms with Gasteiger partial charge in [0.25, 0.3) is 0 Å². The summed E-state index contributed by atoms with van der Waals surface area (Å²) in [5.74, 6) is -1.81. The molecule has 0 aromatic carbocycles. The average molecular weight is 348 g/mol. The van der Waals surface area contributed by atoms with Gasteiger partial charge in [0.2, 0.25) is 0 Å². The van der Waals surface area contributed by atoms with Gasteiger partial charge in [0.05, 0.1) is 24.2 Å². The first-order chi connectivity index (χ1) is 9.52. The topological polar surface area (TPSA) is 100 Å². The van der Waals surface area contributed by atoms with E-state index < -0.39 is 11.9 Å². The second-order valence-electron chi connectivity index (χ2n) is 3.52. The number of aliphatic carboxylic acids is 2. The molecule has 0 fully saturated rings. The first-order valence-electron chi connectivity index (χ1n) is 5.20. The Morgan fingerprint density at radius 3 is 1.70 bits per heavy atom. The molecule has 2 aromatic rings. The van der Waals surface area contributed by atoms with E-state index in [1.807, 2.05) is 0 Å². The Labute approximate surface area is 129 Å². The molecule has 0 bridgehead atoms. The molecule has 0 aliphatic heterocycles. The largest absolute Gasteiger partial charge is 0.481 e. The highest BCUT2D eigenvalue weighted by Crippen LogP contribution is 2.40. The van der Waals surface area contributed by atoms with Gasteiger partial charge in [0, 0.05) is 10.8 Å². The van der Waals surface area contributed by atoms with Crippen molar-refractivity contribution in [2.75, 3.05) is 0 Å². The van der Waals surface area contributed by atoms with E-state index in [1.54, 1.807) is 10.8 Å². The SMILES string of the molecule is O=C(O)Cc1csc(SSc2nc(CC(=O)O)cs2)n1. The van der Waals surface area contributed by atoms with Gasteiger partial charge >= 0.3 is 11.9 Å². The summed E-state index contributed by atoms with van der Waals surface area (Å²) < 4.78 is 1.50. The van der Waals surface area contributed by atoms with Gasteiger partial charge in [-0.15, -0.1) is 22.7 Å². The highest BCUT2D eigenvalue weighted by Gasteiger charge is 2.10. The smallest absolute Gasteiger partial charge is 0.309 e. The minimum atomic E-state index is -0.905. The average Bonchev–Trinajstić information content (AvgIpc) is 2.94. The van der Waals surface area contributed by atoms with Crippen molar-refractivity contribution >= 4 is 56.2 Å². The molecule has 10 heteroatoms. The first kappa shape index (κ1) is 15.3. The van der Waals surface area contributed by atoms with Gasteiger partial charge in [-0.05, 0) is 21.6 Å². The maximum absolute atomic E-state index is 10.5. The summed E-state index contributed by atoms with van der Waals surface area (Å²) in [5.41, 5.74) is 1.08. The van der Waals surface area contributed by atoms with E-state index in [0.29, 0.717) is 11.4 Å². The Hall–Kier alpha value is -1.10. The van der Waals surface area contributed by atoms with Gasteiger partial charge in [0.15, 0.2) is 8.68 Å². The Morgan fingerprint density at radius 1 is 0.950 bits per heavy atom. The molecule has 0 aliphatic rings. The van der Waals surface area contributed by atoms with Gasteiger partial charge < -0.3 is 10.2 Å². The summed E-state index contributed by atoms with van der Waals surface area (Å²) in [6.07, 6.45) is -0.163. The van der Waals surface area contributed by atoms with Gasteiger partial charge in [-0.1, -0.05) is 0 Å².